The number of nitrogens with zero attached hydrogens (tertiary/aromatic N) is 5. The van der Waals surface area contributed by atoms with Gasteiger partial charge in [-0.1, -0.05) is 35.1 Å². The van der Waals surface area contributed by atoms with Gasteiger partial charge in [-0.05, 0) is 24.3 Å². The predicted molar refractivity (Wildman–Crippen MR) is 91.3 cm³/mol. The normalized spacial score (nSPS) is 10.9. The highest BCUT2D eigenvalue weighted by atomic mass is 35.5. The molecule has 0 saturated heterocycles. The molecule has 7 nitrogen and oxygen atoms in total. The summed E-state index contributed by atoms with van der Waals surface area (Å²) in [7, 11) is 0. The fourth-order valence-corrected chi connectivity index (χ4v) is 3.18. The number of hydrogen-bond donors (Lipinski definition) is 1. The van der Waals surface area contributed by atoms with E-state index in [1.54, 1.807) is 29.0 Å². The third-order valence-electron chi connectivity index (χ3n) is 3.26. The lowest BCUT2D eigenvalue weighted by atomic mass is 10.2. The second-order valence-electron chi connectivity index (χ2n) is 4.84. The van der Waals surface area contributed by atoms with E-state index in [1.807, 2.05) is 18.2 Å². The molecule has 1 N–H and O–H groups in total. The number of carbonyl (C=O) groups is 1. The van der Waals surface area contributed by atoms with Gasteiger partial charge in [0.1, 0.15) is 16.5 Å². The van der Waals surface area contributed by atoms with Crippen LogP contribution in [0.3, 0.4) is 0 Å². The van der Waals surface area contributed by atoms with E-state index < -0.39 is 0 Å². The SMILES string of the molecule is O=C(Nc1cccc(-c2nn3cnnc3s2)c1)c1cccnc1Cl. The van der Waals surface area contributed by atoms with Crippen LogP contribution in [-0.2, 0) is 0 Å². The number of nitrogens with one attached hydrogen (secondary N) is 1. The second kappa shape index (κ2) is 5.99. The average Bonchev–Trinajstić information content (AvgIpc) is 3.17. The van der Waals surface area contributed by atoms with Gasteiger partial charge in [0.25, 0.3) is 5.91 Å². The zero-order chi connectivity index (χ0) is 16.5. The summed E-state index contributed by atoms with van der Waals surface area (Å²) in [5, 5.41) is 15.9. The van der Waals surface area contributed by atoms with Gasteiger partial charge in [0.15, 0.2) is 0 Å². The van der Waals surface area contributed by atoms with E-state index in [9.17, 15) is 4.79 Å². The molecule has 0 aliphatic carbocycles. The molecule has 4 aromatic rings. The monoisotopic (exact) mass is 356 g/mol. The Morgan fingerprint density at radius 2 is 2.17 bits per heavy atom. The molecule has 0 aliphatic rings. The molecule has 118 valence electrons. The summed E-state index contributed by atoms with van der Waals surface area (Å²) in [4.78, 5) is 16.9. The summed E-state index contributed by atoms with van der Waals surface area (Å²) in [6.07, 6.45) is 3.08. The molecule has 0 spiro atoms. The summed E-state index contributed by atoms with van der Waals surface area (Å²) >= 11 is 7.37. The van der Waals surface area contributed by atoms with Crippen molar-refractivity contribution in [2.75, 3.05) is 5.32 Å². The number of anilines is 1. The van der Waals surface area contributed by atoms with Crippen LogP contribution in [-0.4, -0.2) is 30.7 Å². The van der Waals surface area contributed by atoms with E-state index in [-0.39, 0.29) is 11.1 Å². The van der Waals surface area contributed by atoms with E-state index in [1.165, 1.54) is 17.5 Å². The minimum absolute atomic E-state index is 0.166. The highest BCUT2D eigenvalue weighted by Gasteiger charge is 2.12. The van der Waals surface area contributed by atoms with Crippen molar-refractivity contribution in [3.05, 3.63) is 59.6 Å². The summed E-state index contributed by atoms with van der Waals surface area (Å²) in [5.41, 5.74) is 1.84. The first-order valence-corrected chi connectivity index (χ1v) is 8.09. The van der Waals surface area contributed by atoms with Crippen LogP contribution in [0.25, 0.3) is 15.5 Å². The van der Waals surface area contributed by atoms with Crippen LogP contribution >= 0.6 is 22.9 Å². The smallest absolute Gasteiger partial charge is 0.258 e. The molecule has 0 unspecified atom stereocenters. The summed E-state index contributed by atoms with van der Waals surface area (Å²) < 4.78 is 1.61. The van der Waals surface area contributed by atoms with Crippen molar-refractivity contribution in [1.82, 2.24) is 24.8 Å². The first-order valence-electron chi connectivity index (χ1n) is 6.90. The Balaban J connectivity index is 1.62. The lowest BCUT2D eigenvalue weighted by Gasteiger charge is -2.07. The van der Waals surface area contributed by atoms with E-state index in [0.717, 1.165) is 10.6 Å². The van der Waals surface area contributed by atoms with Gasteiger partial charge in [0.05, 0.1) is 5.56 Å². The molecule has 1 amide bonds. The minimum Gasteiger partial charge on any atom is -0.322 e. The maximum atomic E-state index is 12.3. The molecule has 4 rings (SSSR count). The molecular weight excluding hydrogens is 348 g/mol. The Morgan fingerprint density at radius 1 is 1.25 bits per heavy atom. The Hall–Kier alpha value is -2.84. The van der Waals surface area contributed by atoms with Gasteiger partial charge in [-0.2, -0.15) is 9.61 Å². The molecule has 3 heterocycles. The Bertz CT molecular complexity index is 1010. The first-order chi connectivity index (χ1) is 11.7. The number of amides is 1. The average molecular weight is 357 g/mol. The standard InChI is InChI=1S/C15H9ClN6OS/c16-12-11(5-2-6-17-12)13(23)19-10-4-1-3-9(7-10)14-21-22-8-18-20-15(22)24-14/h1-8H,(H,19,23). The molecule has 0 saturated carbocycles. The molecule has 3 aromatic heterocycles. The van der Waals surface area contributed by atoms with Gasteiger partial charge in [0, 0.05) is 17.4 Å². The molecule has 0 fully saturated rings. The van der Waals surface area contributed by atoms with Crippen molar-refractivity contribution in [2.24, 2.45) is 0 Å². The highest BCUT2D eigenvalue weighted by molar-refractivity contribution is 7.19. The van der Waals surface area contributed by atoms with Crippen LogP contribution in [0.4, 0.5) is 5.69 Å². The lowest BCUT2D eigenvalue weighted by Crippen LogP contribution is -2.12. The summed E-state index contributed by atoms with van der Waals surface area (Å²) in [5.74, 6) is -0.316. The van der Waals surface area contributed by atoms with Crippen molar-refractivity contribution in [3.63, 3.8) is 0 Å². The molecule has 24 heavy (non-hydrogen) atoms. The van der Waals surface area contributed by atoms with E-state index in [0.29, 0.717) is 16.2 Å². The topological polar surface area (TPSA) is 85.1 Å². The van der Waals surface area contributed by atoms with Crippen LogP contribution in [0.2, 0.25) is 5.15 Å². The number of aromatic nitrogens is 5. The molecule has 0 bridgehead atoms. The number of fused-ring (bicyclic) bond motifs is 1. The van der Waals surface area contributed by atoms with Gasteiger partial charge in [0.2, 0.25) is 4.96 Å². The minimum atomic E-state index is -0.316. The number of benzene rings is 1. The maximum Gasteiger partial charge on any atom is 0.258 e. The van der Waals surface area contributed by atoms with Crippen LogP contribution in [0.15, 0.2) is 48.9 Å². The van der Waals surface area contributed by atoms with Gasteiger partial charge >= 0.3 is 0 Å². The Kier molecular flexibility index (Phi) is 3.68. The molecule has 0 radical (unpaired) electrons. The molecule has 0 aliphatic heterocycles. The van der Waals surface area contributed by atoms with Crippen LogP contribution in [0.5, 0.6) is 0 Å². The molecule has 9 heteroatoms. The molecule has 1 aromatic carbocycles. The van der Waals surface area contributed by atoms with Crippen LogP contribution in [0.1, 0.15) is 10.4 Å². The van der Waals surface area contributed by atoms with Gasteiger partial charge in [-0.3, -0.25) is 4.79 Å². The van der Waals surface area contributed by atoms with Crippen LogP contribution in [0, 0.1) is 0 Å². The van der Waals surface area contributed by atoms with E-state index in [4.69, 9.17) is 11.6 Å². The number of pyridine rings is 1. The molecule has 0 atom stereocenters. The van der Waals surface area contributed by atoms with Crippen molar-refractivity contribution in [3.8, 4) is 10.6 Å². The summed E-state index contributed by atoms with van der Waals surface area (Å²) in [6, 6.07) is 10.7. The zero-order valence-corrected chi connectivity index (χ0v) is 13.6. The van der Waals surface area contributed by atoms with Crippen LogP contribution < -0.4 is 5.32 Å². The first kappa shape index (κ1) is 14.7. The second-order valence-corrected chi connectivity index (χ2v) is 6.16. The van der Waals surface area contributed by atoms with E-state index >= 15 is 0 Å². The van der Waals surface area contributed by atoms with E-state index in [2.05, 4.69) is 25.6 Å². The third-order valence-corrected chi connectivity index (χ3v) is 4.52. The molecular formula is C15H9ClN6OS. The number of rotatable bonds is 3. The largest absolute Gasteiger partial charge is 0.322 e. The number of carbonyl (C=O) groups excluding carboxylic acids is 1. The quantitative estimate of drug-likeness (QED) is 0.570. The fraction of sp³-hybridized carbons (Fsp3) is 0. The fourth-order valence-electron chi connectivity index (χ4n) is 2.16. The lowest BCUT2D eigenvalue weighted by molar-refractivity contribution is 0.102. The van der Waals surface area contributed by atoms with Crippen molar-refractivity contribution < 1.29 is 4.79 Å². The zero-order valence-electron chi connectivity index (χ0n) is 12.0. The number of hydrogen-bond acceptors (Lipinski definition) is 6. The van der Waals surface area contributed by atoms with Crippen molar-refractivity contribution in [1.29, 1.82) is 0 Å². The highest BCUT2D eigenvalue weighted by Crippen LogP contribution is 2.27. The van der Waals surface area contributed by atoms with Gasteiger partial charge in [-0.15, -0.1) is 10.2 Å². The van der Waals surface area contributed by atoms with Crippen molar-refractivity contribution >= 4 is 39.5 Å². The summed E-state index contributed by atoms with van der Waals surface area (Å²) in [6.45, 7) is 0. The third kappa shape index (κ3) is 2.72. The Morgan fingerprint density at radius 3 is 3.00 bits per heavy atom. The van der Waals surface area contributed by atoms with Crippen molar-refractivity contribution in [2.45, 2.75) is 0 Å². The Labute approximate surface area is 144 Å². The predicted octanol–water partition coefficient (Wildman–Crippen LogP) is 3.15. The number of halogens is 1. The van der Waals surface area contributed by atoms with Gasteiger partial charge < -0.3 is 5.32 Å². The maximum absolute atomic E-state index is 12.3. The van der Waals surface area contributed by atoms with Gasteiger partial charge in [-0.25, -0.2) is 4.98 Å².